The zero-order valence-corrected chi connectivity index (χ0v) is 84.0. The molecule has 0 N–H and O–H groups in total. The molecule has 1 aliphatic carbocycles. The Bertz CT molecular complexity index is 5240. The lowest BCUT2D eigenvalue weighted by Crippen LogP contribution is -2.35. The van der Waals surface area contributed by atoms with Crippen LogP contribution in [0.5, 0.6) is 23.1 Å². The molecule has 10 nitrogen and oxygen atoms in total. The van der Waals surface area contributed by atoms with E-state index < -0.39 is 0 Å². The van der Waals surface area contributed by atoms with E-state index in [1.54, 1.807) is 6.21 Å². The van der Waals surface area contributed by atoms with Crippen LogP contribution in [0.15, 0.2) is 227 Å². The molecule has 15 rings (SSSR count). The fourth-order valence-electron chi connectivity index (χ4n) is 15.1. The van der Waals surface area contributed by atoms with Crippen molar-refractivity contribution in [2.75, 3.05) is 19.8 Å². The molecule has 10 heteroatoms. The molecule has 10 aromatic carbocycles. The number of hydrogen-bond acceptors (Lipinski definition) is 10. The van der Waals surface area contributed by atoms with Gasteiger partial charge in [0.25, 0.3) is 5.88 Å². The quantitative estimate of drug-likeness (QED) is 0.104. The fourth-order valence-corrected chi connectivity index (χ4v) is 15.1. The van der Waals surface area contributed by atoms with E-state index in [0.717, 1.165) is 90.9 Å². The van der Waals surface area contributed by atoms with E-state index in [2.05, 4.69) is 404 Å². The summed E-state index contributed by atoms with van der Waals surface area (Å²) in [6, 6.07) is 75.9. The molecule has 0 bridgehead atoms. The monoisotopic (exact) mass is 1720 g/mol. The Balaban J connectivity index is 0.000000181. The van der Waals surface area contributed by atoms with Crippen molar-refractivity contribution in [2.24, 2.45) is 26.6 Å². The molecule has 11 aromatic rings. The first-order chi connectivity index (χ1) is 59.4. The molecule has 3 unspecified atom stereocenters. The number of rotatable bonds is 9. The maximum absolute atomic E-state index is 6.21. The summed E-state index contributed by atoms with van der Waals surface area (Å²) in [5, 5.41) is 12.9. The Morgan fingerprint density at radius 3 is 1.11 bits per heavy atom. The van der Waals surface area contributed by atoms with Crippen LogP contribution in [0.25, 0.3) is 33.2 Å². The van der Waals surface area contributed by atoms with Gasteiger partial charge in [-0.15, -0.1) is 0 Å². The van der Waals surface area contributed by atoms with Crippen molar-refractivity contribution in [1.29, 1.82) is 0 Å². The standard InChI is InChI=1S/C20H24O.C17H20.C16H23NO2.C15H21NO.C14H20O.C13H17NO2.2C11H16/c1-14-5-7-15(8-6-14)16-9-11-18-17(13-16)10-12-19(21-18)20(2,3)4;1-13-5-7-14(8-6-13)15-9-11-16(12-10-15)17(2,3)4;1-5-18-17-11-12-6-8-14-13(10-12)7-9-15(19-14)16(2,3)4;1-5-17-16-14-9-6-11-10-12(15(2,3)4)7-8-13(11)14;1-10-5-7-12-11(9-10)6-8-13(15-12)14(2,3)4;1-5-15-12-10-7-6-9(13(2,3)4)8-11(10)16-14-12;2*1-9-5-7-10(8-6-9)11(2,3)4/h5-9,11,13,19H,10,12H2,1-4H3;5-12H,1-4H3;6,8,10-11,15H,5,7,9H2,1-4H3;7-8,10H,5-6,9H2,1-4H3;5,7,9,13H,6,8H2,1-4H3;6-8H,5H2,1-4H3;2*5-8H,1-4H3/b;;17-11+;16-14+;;;;. The van der Waals surface area contributed by atoms with E-state index in [0.29, 0.717) is 44.0 Å². The van der Waals surface area contributed by atoms with Crippen molar-refractivity contribution in [1.82, 2.24) is 5.16 Å². The number of nitrogens with zero attached hydrogens (tertiary/aromatic N) is 3. The number of aryl methyl sites for hydroxylation is 9. The Labute approximate surface area is 767 Å². The SMILES string of the molecule is CCO/N=C/c1ccc2c(c1)CCC(C(C)(C)C)O2.CCO/N=C1\CCc2cc(C(C)(C)C)ccc21.CCOc1noc2cc(C(C)(C)C)ccc12.Cc1ccc(-c2ccc(C(C)(C)C)cc2)cc1.Cc1ccc(-c2ccc3c(c2)CCC(C(C)(C)C)O3)cc1.Cc1ccc(C(C)(C)C)cc1.Cc1ccc(C(C)(C)C)cc1.Cc1ccc2c(c1)CCC(C(C)(C)C)O2. The molecule has 4 heterocycles. The maximum Gasteiger partial charge on any atom is 0.262 e. The predicted octanol–water partition coefficient (Wildman–Crippen LogP) is 31.7. The van der Waals surface area contributed by atoms with Gasteiger partial charge >= 0.3 is 0 Å². The van der Waals surface area contributed by atoms with E-state index in [4.69, 9.17) is 33.1 Å². The second-order valence-electron chi connectivity index (χ2n) is 43.2. The third-order valence-corrected chi connectivity index (χ3v) is 23.7. The summed E-state index contributed by atoms with van der Waals surface area (Å²) in [4.78, 5) is 10.1. The molecule has 1 aromatic heterocycles. The molecular formula is C117H157N3O7. The molecule has 127 heavy (non-hydrogen) atoms. The highest BCUT2D eigenvalue weighted by Gasteiger charge is 2.34. The van der Waals surface area contributed by atoms with Gasteiger partial charge in [0.15, 0.2) is 5.58 Å². The summed E-state index contributed by atoms with van der Waals surface area (Å²) in [6.07, 6.45) is 11.4. The number of hydrogen-bond donors (Lipinski definition) is 0. The van der Waals surface area contributed by atoms with Crippen LogP contribution in [0.4, 0.5) is 0 Å². The number of aromatic nitrogens is 1. The Hall–Kier alpha value is -10.2. The molecular weight excluding hydrogens is 1560 g/mol. The maximum atomic E-state index is 6.21. The van der Waals surface area contributed by atoms with E-state index in [9.17, 15) is 0 Å². The van der Waals surface area contributed by atoms with Crippen LogP contribution >= 0.6 is 0 Å². The number of oxime groups is 2. The highest BCUT2D eigenvalue weighted by Crippen LogP contribution is 2.41. The van der Waals surface area contributed by atoms with Crippen molar-refractivity contribution < 1.29 is 33.1 Å². The van der Waals surface area contributed by atoms with Crippen molar-refractivity contribution >= 4 is 22.9 Å². The molecule has 0 amide bonds. The smallest absolute Gasteiger partial charge is 0.262 e. The highest BCUT2D eigenvalue weighted by molar-refractivity contribution is 6.04. The number of benzene rings is 10. The first-order valence-corrected chi connectivity index (χ1v) is 46.7. The summed E-state index contributed by atoms with van der Waals surface area (Å²) >= 11 is 0. The van der Waals surface area contributed by atoms with Crippen molar-refractivity contribution in [3.8, 4) is 45.4 Å². The van der Waals surface area contributed by atoms with Crippen molar-refractivity contribution in [3.05, 3.63) is 301 Å². The molecule has 3 aliphatic heterocycles. The zero-order valence-electron chi connectivity index (χ0n) is 84.0. The van der Waals surface area contributed by atoms with Gasteiger partial charge in [0, 0.05) is 5.56 Å². The second kappa shape index (κ2) is 44.7. The minimum atomic E-state index is 0.118. The first-order valence-electron chi connectivity index (χ1n) is 46.7. The van der Waals surface area contributed by atoms with Crippen LogP contribution in [-0.4, -0.2) is 55.2 Å². The third-order valence-electron chi connectivity index (χ3n) is 23.7. The summed E-state index contributed by atoms with van der Waals surface area (Å²) in [5.74, 6) is 3.75. The van der Waals surface area contributed by atoms with Gasteiger partial charge in [-0.2, -0.15) is 0 Å². The number of ether oxygens (including phenoxy) is 4. The van der Waals surface area contributed by atoms with Crippen molar-refractivity contribution in [2.45, 2.75) is 318 Å². The van der Waals surface area contributed by atoms with Crippen LogP contribution in [-0.2, 0) is 62.4 Å². The van der Waals surface area contributed by atoms with Gasteiger partial charge in [0.05, 0.1) is 23.9 Å². The Morgan fingerprint density at radius 1 is 0.331 bits per heavy atom. The zero-order chi connectivity index (χ0) is 93.6. The van der Waals surface area contributed by atoms with E-state index >= 15 is 0 Å². The average molecular weight is 1720 g/mol. The molecule has 0 radical (unpaired) electrons. The summed E-state index contributed by atoms with van der Waals surface area (Å²) in [5.41, 5.74) is 29.9. The van der Waals surface area contributed by atoms with Crippen molar-refractivity contribution in [3.63, 3.8) is 0 Å². The lowest BCUT2D eigenvalue weighted by molar-refractivity contribution is 0.0674. The van der Waals surface area contributed by atoms with Crippen LogP contribution in [0.2, 0.25) is 0 Å². The van der Waals surface area contributed by atoms with Crippen LogP contribution in [0, 0.1) is 50.9 Å². The fraction of sp³-hybridized carbons (Fsp3) is 0.462. The average Bonchev–Trinajstić information content (AvgIpc) is 1.42. The molecule has 682 valence electrons. The third kappa shape index (κ3) is 31.6. The topological polar surface area (TPSA) is 106 Å². The molecule has 0 saturated heterocycles. The van der Waals surface area contributed by atoms with Gasteiger partial charge in [-0.1, -0.05) is 368 Å². The molecule has 4 aliphatic rings. The number of fused-ring (bicyclic) bond motifs is 5. The lowest BCUT2D eigenvalue weighted by Gasteiger charge is -2.35. The minimum absolute atomic E-state index is 0.118. The van der Waals surface area contributed by atoms with Crippen LogP contribution < -0.4 is 18.9 Å². The molecule has 0 saturated carbocycles. The van der Waals surface area contributed by atoms with Gasteiger partial charge in [-0.25, -0.2) is 0 Å². The summed E-state index contributed by atoms with van der Waals surface area (Å²) in [7, 11) is 0. The van der Waals surface area contributed by atoms with Gasteiger partial charge < -0.3 is 33.1 Å². The van der Waals surface area contributed by atoms with E-state index in [-0.39, 0.29) is 43.3 Å². The summed E-state index contributed by atoms with van der Waals surface area (Å²) in [6.45, 7) is 71.8. The second-order valence-corrected chi connectivity index (χ2v) is 43.2. The molecule has 0 spiro atoms. The molecule has 0 fully saturated rings. The van der Waals surface area contributed by atoms with Crippen LogP contribution in [0.3, 0.4) is 0 Å². The lowest BCUT2D eigenvalue weighted by atomic mass is 9.83. The molecule has 3 atom stereocenters. The van der Waals surface area contributed by atoms with Crippen LogP contribution in [0.1, 0.15) is 302 Å². The largest absolute Gasteiger partial charge is 0.490 e. The highest BCUT2D eigenvalue weighted by atomic mass is 16.6. The van der Waals surface area contributed by atoms with Gasteiger partial charge in [0.2, 0.25) is 0 Å². The minimum Gasteiger partial charge on any atom is -0.490 e. The van der Waals surface area contributed by atoms with Gasteiger partial charge in [0.1, 0.15) is 48.8 Å². The Morgan fingerprint density at radius 2 is 0.685 bits per heavy atom. The first kappa shape index (κ1) is 102. The van der Waals surface area contributed by atoms with Gasteiger partial charge in [-0.05, 0) is 282 Å². The van der Waals surface area contributed by atoms with E-state index in [1.165, 1.54) is 106 Å². The summed E-state index contributed by atoms with van der Waals surface area (Å²) < 4.78 is 29.0. The Kier molecular flexibility index (Phi) is 36.0. The predicted molar refractivity (Wildman–Crippen MR) is 541 cm³/mol. The normalized spacial score (nSPS) is 15.7. The van der Waals surface area contributed by atoms with Gasteiger partial charge in [-0.3, -0.25) is 0 Å². The van der Waals surface area contributed by atoms with E-state index in [1.807, 2.05) is 45.0 Å².